The third-order valence-electron chi connectivity index (χ3n) is 2.92. The minimum atomic E-state index is 0.756. The molecule has 0 amide bonds. The molecule has 0 aliphatic heterocycles. The Hall–Kier alpha value is -1.47. The van der Waals surface area contributed by atoms with Crippen LogP contribution >= 0.6 is 11.6 Å². The number of hydrogen-bond donors (Lipinski definition) is 1. The first-order valence-corrected chi connectivity index (χ1v) is 6.78. The van der Waals surface area contributed by atoms with Crippen LogP contribution in [0.25, 0.3) is 0 Å². The zero-order valence-electron chi connectivity index (χ0n) is 10.6. The fraction of sp³-hybridized carbons (Fsp3) is 0.250. The van der Waals surface area contributed by atoms with Crippen molar-refractivity contribution in [3.8, 4) is 0 Å². The number of para-hydroxylation sites is 1. The van der Waals surface area contributed by atoms with Gasteiger partial charge in [0.15, 0.2) is 0 Å². The summed E-state index contributed by atoms with van der Waals surface area (Å²) in [7, 11) is 0. The molecule has 2 rings (SSSR count). The lowest BCUT2D eigenvalue weighted by molar-refractivity contribution is 0.796. The highest BCUT2D eigenvalue weighted by Gasteiger charge is 2.02. The van der Waals surface area contributed by atoms with Crippen LogP contribution in [0.15, 0.2) is 48.5 Å². The number of nitrogens with one attached hydrogen (secondary N) is 1. The minimum Gasteiger partial charge on any atom is -0.355 e. The lowest BCUT2D eigenvalue weighted by atomic mass is 10.1. The number of halogens is 1. The molecule has 0 atom stereocenters. The molecule has 0 aliphatic rings. The zero-order chi connectivity index (χ0) is 12.8. The first-order valence-electron chi connectivity index (χ1n) is 6.40. The third-order valence-corrected chi connectivity index (χ3v) is 3.16. The summed E-state index contributed by atoms with van der Waals surface area (Å²) in [6, 6.07) is 16.3. The van der Waals surface area contributed by atoms with Crippen molar-refractivity contribution in [3.63, 3.8) is 0 Å². The molecule has 0 saturated heterocycles. The van der Waals surface area contributed by atoms with Gasteiger partial charge in [-0.25, -0.2) is 0 Å². The average Bonchev–Trinajstić information content (AvgIpc) is 2.38. The van der Waals surface area contributed by atoms with Crippen LogP contribution in [-0.4, -0.2) is 0 Å². The van der Waals surface area contributed by atoms with Gasteiger partial charge in [-0.1, -0.05) is 49.2 Å². The van der Waals surface area contributed by atoms with Gasteiger partial charge >= 0.3 is 0 Å². The predicted octanol–water partition coefficient (Wildman–Crippen LogP) is 5.43. The van der Waals surface area contributed by atoms with E-state index < -0.39 is 0 Å². The van der Waals surface area contributed by atoms with Crippen LogP contribution in [0, 0.1) is 0 Å². The Balaban J connectivity index is 2.17. The predicted molar refractivity (Wildman–Crippen MR) is 79.8 cm³/mol. The Morgan fingerprint density at radius 2 is 1.89 bits per heavy atom. The Labute approximate surface area is 114 Å². The van der Waals surface area contributed by atoms with E-state index in [0.29, 0.717) is 0 Å². The van der Waals surface area contributed by atoms with E-state index in [-0.39, 0.29) is 0 Å². The number of unbranched alkanes of at least 4 members (excludes halogenated alkanes) is 1. The van der Waals surface area contributed by atoms with Crippen molar-refractivity contribution in [2.45, 2.75) is 26.2 Å². The molecule has 94 valence electrons. The minimum absolute atomic E-state index is 0.756. The molecule has 2 aromatic rings. The van der Waals surface area contributed by atoms with Gasteiger partial charge in [0, 0.05) is 16.4 Å². The monoisotopic (exact) mass is 259 g/mol. The highest BCUT2D eigenvalue weighted by Crippen LogP contribution is 2.24. The summed E-state index contributed by atoms with van der Waals surface area (Å²) in [4.78, 5) is 0. The number of anilines is 2. The Morgan fingerprint density at radius 1 is 1.06 bits per heavy atom. The van der Waals surface area contributed by atoms with Crippen molar-refractivity contribution in [1.82, 2.24) is 0 Å². The van der Waals surface area contributed by atoms with Crippen LogP contribution in [0.4, 0.5) is 11.4 Å². The van der Waals surface area contributed by atoms with Crippen molar-refractivity contribution in [2.75, 3.05) is 5.32 Å². The quantitative estimate of drug-likeness (QED) is 0.755. The van der Waals surface area contributed by atoms with Crippen molar-refractivity contribution < 1.29 is 0 Å². The topological polar surface area (TPSA) is 12.0 Å². The third kappa shape index (κ3) is 3.51. The molecular formula is C16H18ClN. The van der Waals surface area contributed by atoms with Gasteiger partial charge in [-0.3, -0.25) is 0 Å². The van der Waals surface area contributed by atoms with Crippen LogP contribution in [0.1, 0.15) is 25.3 Å². The molecule has 0 aliphatic carbocycles. The van der Waals surface area contributed by atoms with Gasteiger partial charge in [0.05, 0.1) is 0 Å². The van der Waals surface area contributed by atoms with Gasteiger partial charge in [-0.15, -0.1) is 0 Å². The Morgan fingerprint density at radius 3 is 2.67 bits per heavy atom. The summed E-state index contributed by atoms with van der Waals surface area (Å²) >= 11 is 5.99. The summed E-state index contributed by atoms with van der Waals surface area (Å²) in [6.45, 7) is 2.22. The lowest BCUT2D eigenvalue weighted by Gasteiger charge is -2.12. The molecule has 2 aromatic carbocycles. The molecule has 1 nitrogen and oxygen atoms in total. The Kier molecular flexibility index (Phi) is 4.66. The van der Waals surface area contributed by atoms with E-state index >= 15 is 0 Å². The molecule has 0 saturated carbocycles. The number of benzene rings is 2. The molecule has 0 bridgehead atoms. The van der Waals surface area contributed by atoms with Gasteiger partial charge in [0.1, 0.15) is 0 Å². The van der Waals surface area contributed by atoms with Crippen molar-refractivity contribution in [2.24, 2.45) is 0 Å². The van der Waals surface area contributed by atoms with Gasteiger partial charge in [0.25, 0.3) is 0 Å². The maximum atomic E-state index is 5.99. The van der Waals surface area contributed by atoms with Crippen LogP contribution in [-0.2, 0) is 6.42 Å². The van der Waals surface area contributed by atoms with E-state index in [9.17, 15) is 0 Å². The van der Waals surface area contributed by atoms with E-state index in [4.69, 9.17) is 11.6 Å². The maximum Gasteiger partial charge on any atom is 0.0426 e. The molecular weight excluding hydrogens is 242 g/mol. The van der Waals surface area contributed by atoms with Gasteiger partial charge < -0.3 is 5.32 Å². The average molecular weight is 260 g/mol. The SMILES string of the molecule is CCCCc1ccccc1Nc1cccc(Cl)c1. The zero-order valence-corrected chi connectivity index (χ0v) is 11.4. The summed E-state index contributed by atoms with van der Waals surface area (Å²) < 4.78 is 0. The van der Waals surface area contributed by atoms with Crippen LogP contribution < -0.4 is 5.32 Å². The summed E-state index contributed by atoms with van der Waals surface area (Å²) in [5.41, 5.74) is 3.57. The normalized spacial score (nSPS) is 10.3. The molecule has 0 fully saturated rings. The molecule has 2 heteroatoms. The highest BCUT2D eigenvalue weighted by atomic mass is 35.5. The molecule has 0 aromatic heterocycles. The number of rotatable bonds is 5. The molecule has 18 heavy (non-hydrogen) atoms. The summed E-state index contributed by atoms with van der Waals surface area (Å²) in [5, 5.41) is 4.19. The van der Waals surface area contributed by atoms with E-state index in [2.05, 4.69) is 36.5 Å². The highest BCUT2D eigenvalue weighted by molar-refractivity contribution is 6.30. The smallest absolute Gasteiger partial charge is 0.0426 e. The first-order chi connectivity index (χ1) is 8.79. The van der Waals surface area contributed by atoms with Crippen molar-refractivity contribution >= 4 is 23.0 Å². The Bertz CT molecular complexity index is 508. The van der Waals surface area contributed by atoms with Crippen LogP contribution in [0.3, 0.4) is 0 Å². The van der Waals surface area contributed by atoms with Crippen LogP contribution in [0.2, 0.25) is 5.02 Å². The van der Waals surface area contributed by atoms with E-state index in [1.165, 1.54) is 24.1 Å². The van der Waals surface area contributed by atoms with Gasteiger partial charge in [-0.2, -0.15) is 0 Å². The molecule has 0 heterocycles. The standard InChI is InChI=1S/C16H18ClN/c1-2-3-7-13-8-4-5-11-16(13)18-15-10-6-9-14(17)12-15/h4-6,8-12,18H,2-3,7H2,1H3. The first kappa shape index (κ1) is 13.0. The maximum absolute atomic E-state index is 5.99. The largest absolute Gasteiger partial charge is 0.355 e. The molecule has 0 radical (unpaired) electrons. The van der Waals surface area contributed by atoms with Crippen molar-refractivity contribution in [1.29, 1.82) is 0 Å². The van der Waals surface area contributed by atoms with E-state index in [0.717, 1.165) is 17.1 Å². The number of aryl methyl sites for hydroxylation is 1. The van der Waals surface area contributed by atoms with Gasteiger partial charge in [0.2, 0.25) is 0 Å². The fourth-order valence-electron chi connectivity index (χ4n) is 1.95. The van der Waals surface area contributed by atoms with Crippen molar-refractivity contribution in [3.05, 3.63) is 59.1 Å². The van der Waals surface area contributed by atoms with E-state index in [1.54, 1.807) is 0 Å². The second-order valence-corrected chi connectivity index (χ2v) is 4.83. The van der Waals surface area contributed by atoms with Gasteiger partial charge in [-0.05, 0) is 42.7 Å². The van der Waals surface area contributed by atoms with Crippen LogP contribution in [0.5, 0.6) is 0 Å². The van der Waals surface area contributed by atoms with E-state index in [1.807, 2.05) is 24.3 Å². The second kappa shape index (κ2) is 6.46. The summed E-state index contributed by atoms with van der Waals surface area (Å²) in [6.07, 6.45) is 3.54. The molecule has 0 unspecified atom stereocenters. The molecule has 1 N–H and O–H groups in total. The summed E-state index contributed by atoms with van der Waals surface area (Å²) in [5.74, 6) is 0. The molecule has 0 spiro atoms. The fourth-order valence-corrected chi connectivity index (χ4v) is 2.14. The lowest BCUT2D eigenvalue weighted by Crippen LogP contribution is -1.96. The number of hydrogen-bond acceptors (Lipinski definition) is 1. The second-order valence-electron chi connectivity index (χ2n) is 4.40.